The molecule has 1 spiro atoms. The first-order valence-corrected chi connectivity index (χ1v) is 7.41. The van der Waals surface area contributed by atoms with Gasteiger partial charge in [-0.2, -0.15) is 0 Å². The number of hydrogen-bond donors (Lipinski definition) is 2. The van der Waals surface area contributed by atoms with Crippen molar-refractivity contribution in [3.8, 4) is 12.3 Å². The summed E-state index contributed by atoms with van der Waals surface area (Å²) in [5.74, 6) is 2.70. The Morgan fingerprint density at radius 1 is 1.37 bits per heavy atom. The van der Waals surface area contributed by atoms with Gasteiger partial charge in [0.25, 0.3) is 0 Å². The van der Waals surface area contributed by atoms with Gasteiger partial charge in [0.15, 0.2) is 0 Å². The Morgan fingerprint density at radius 3 is 2.79 bits per heavy atom. The molecule has 2 nitrogen and oxygen atoms in total. The minimum atomic E-state index is -0.270. The van der Waals surface area contributed by atoms with Crippen molar-refractivity contribution >= 4 is 0 Å². The molecule has 0 aromatic carbocycles. The Bertz CT molecular complexity index is 377. The first kappa shape index (κ1) is 14.4. The third kappa shape index (κ3) is 3.11. The quantitative estimate of drug-likeness (QED) is 0.603. The Morgan fingerprint density at radius 2 is 2.11 bits per heavy atom. The molecule has 2 fully saturated rings. The largest absolute Gasteiger partial charge is 0.392 e. The molecule has 1 saturated heterocycles. The molecule has 2 heteroatoms. The van der Waals surface area contributed by atoms with Crippen molar-refractivity contribution in [2.45, 2.75) is 62.6 Å². The standard InChI is InChI=1S/C17H25NO/c1-3-5-10-15-16(19)11-7-13-17(15)12-6-9-14(18-17)8-4-2/h1,4-5,10,14-16,18-19H,2,6-9,11-13H2/b10-5-/t14-,15-,16+,17-/m1/s1. The van der Waals surface area contributed by atoms with E-state index in [0.717, 1.165) is 32.1 Å². The summed E-state index contributed by atoms with van der Waals surface area (Å²) < 4.78 is 0. The monoisotopic (exact) mass is 259 g/mol. The van der Waals surface area contributed by atoms with Gasteiger partial charge in [-0.05, 0) is 44.6 Å². The number of aliphatic hydroxyl groups excluding tert-OH is 1. The van der Waals surface area contributed by atoms with Crippen LogP contribution in [0.3, 0.4) is 0 Å². The van der Waals surface area contributed by atoms with E-state index < -0.39 is 0 Å². The molecule has 4 atom stereocenters. The van der Waals surface area contributed by atoms with Gasteiger partial charge in [0.2, 0.25) is 0 Å². The lowest BCUT2D eigenvalue weighted by Crippen LogP contribution is -2.61. The fourth-order valence-corrected chi connectivity index (χ4v) is 3.87. The molecule has 2 N–H and O–H groups in total. The second-order valence-electron chi connectivity index (χ2n) is 5.93. The van der Waals surface area contributed by atoms with Crippen molar-refractivity contribution in [1.82, 2.24) is 5.32 Å². The number of allylic oxidation sites excluding steroid dienone is 1. The summed E-state index contributed by atoms with van der Waals surface area (Å²) >= 11 is 0. The summed E-state index contributed by atoms with van der Waals surface area (Å²) in [4.78, 5) is 0. The highest BCUT2D eigenvalue weighted by molar-refractivity contribution is 5.17. The molecular formula is C17H25NO. The van der Waals surface area contributed by atoms with E-state index in [-0.39, 0.29) is 17.6 Å². The number of nitrogens with one attached hydrogen (secondary N) is 1. The molecule has 2 aliphatic rings. The van der Waals surface area contributed by atoms with Gasteiger partial charge >= 0.3 is 0 Å². The zero-order valence-corrected chi connectivity index (χ0v) is 11.6. The van der Waals surface area contributed by atoms with Crippen LogP contribution in [0.1, 0.15) is 44.9 Å². The normalized spacial score (nSPS) is 39.3. The molecule has 1 aliphatic heterocycles. The average Bonchev–Trinajstić information content (AvgIpc) is 2.39. The Hall–Kier alpha value is -1.04. The molecule has 0 aromatic heterocycles. The molecule has 2 rings (SSSR count). The van der Waals surface area contributed by atoms with E-state index in [1.807, 2.05) is 12.2 Å². The minimum absolute atomic E-state index is 0.0386. The number of terminal acetylenes is 1. The Kier molecular flexibility index (Phi) is 4.85. The lowest BCUT2D eigenvalue weighted by atomic mass is 9.66. The van der Waals surface area contributed by atoms with E-state index in [0.29, 0.717) is 6.04 Å². The molecule has 104 valence electrons. The zero-order valence-electron chi connectivity index (χ0n) is 11.6. The lowest BCUT2D eigenvalue weighted by Gasteiger charge is -2.51. The van der Waals surface area contributed by atoms with E-state index in [9.17, 15) is 5.11 Å². The van der Waals surface area contributed by atoms with Crippen LogP contribution >= 0.6 is 0 Å². The van der Waals surface area contributed by atoms with Gasteiger partial charge in [-0.3, -0.25) is 0 Å². The topological polar surface area (TPSA) is 32.3 Å². The Balaban J connectivity index is 2.19. The van der Waals surface area contributed by atoms with Gasteiger partial charge < -0.3 is 10.4 Å². The van der Waals surface area contributed by atoms with Crippen molar-refractivity contribution in [2.24, 2.45) is 5.92 Å². The zero-order chi connectivity index (χ0) is 13.7. The van der Waals surface area contributed by atoms with E-state index in [1.54, 1.807) is 6.08 Å². The van der Waals surface area contributed by atoms with Crippen molar-refractivity contribution < 1.29 is 5.11 Å². The fraction of sp³-hybridized carbons (Fsp3) is 0.647. The maximum atomic E-state index is 10.3. The summed E-state index contributed by atoms with van der Waals surface area (Å²) in [6.45, 7) is 3.84. The third-order valence-electron chi connectivity index (χ3n) is 4.69. The van der Waals surface area contributed by atoms with Crippen LogP contribution in [-0.4, -0.2) is 22.8 Å². The van der Waals surface area contributed by atoms with Crippen molar-refractivity contribution in [1.29, 1.82) is 0 Å². The summed E-state index contributed by atoms with van der Waals surface area (Å²) in [6, 6.07) is 0.498. The molecular weight excluding hydrogens is 234 g/mol. The van der Waals surface area contributed by atoms with Crippen LogP contribution in [0, 0.1) is 18.3 Å². The highest BCUT2D eigenvalue weighted by atomic mass is 16.3. The van der Waals surface area contributed by atoms with Gasteiger partial charge in [-0.1, -0.05) is 24.5 Å². The first-order chi connectivity index (χ1) is 9.22. The molecule has 0 radical (unpaired) electrons. The maximum absolute atomic E-state index is 10.3. The summed E-state index contributed by atoms with van der Waals surface area (Å²) in [5.41, 5.74) is 0.0386. The van der Waals surface area contributed by atoms with Gasteiger partial charge in [0.05, 0.1) is 6.10 Å². The van der Waals surface area contributed by atoms with E-state index in [1.165, 1.54) is 12.8 Å². The second kappa shape index (κ2) is 6.41. The molecule has 1 saturated carbocycles. The van der Waals surface area contributed by atoms with E-state index in [2.05, 4.69) is 17.8 Å². The number of rotatable bonds is 3. The summed E-state index contributed by atoms with van der Waals surface area (Å²) in [5, 5.41) is 14.2. The van der Waals surface area contributed by atoms with Gasteiger partial charge in [0, 0.05) is 17.5 Å². The minimum Gasteiger partial charge on any atom is -0.392 e. The number of piperidine rings is 1. The molecule has 0 aromatic rings. The molecule has 1 aliphatic carbocycles. The summed E-state index contributed by atoms with van der Waals surface area (Å²) in [7, 11) is 0. The number of hydrogen-bond acceptors (Lipinski definition) is 2. The highest BCUT2D eigenvalue weighted by Crippen LogP contribution is 2.41. The van der Waals surface area contributed by atoms with E-state index >= 15 is 0 Å². The molecule has 0 bridgehead atoms. The predicted octanol–water partition coefficient (Wildman–Crippen LogP) is 2.79. The van der Waals surface area contributed by atoms with Gasteiger partial charge in [-0.15, -0.1) is 13.0 Å². The van der Waals surface area contributed by atoms with Crippen LogP contribution in [0.2, 0.25) is 0 Å². The van der Waals surface area contributed by atoms with Crippen LogP contribution in [0.5, 0.6) is 0 Å². The second-order valence-corrected chi connectivity index (χ2v) is 5.93. The van der Waals surface area contributed by atoms with Crippen LogP contribution in [0.4, 0.5) is 0 Å². The third-order valence-corrected chi connectivity index (χ3v) is 4.69. The molecule has 0 amide bonds. The highest BCUT2D eigenvalue weighted by Gasteiger charge is 2.45. The molecule has 1 heterocycles. The number of aliphatic hydroxyl groups is 1. The Labute approximate surface area is 117 Å². The van der Waals surface area contributed by atoms with Crippen molar-refractivity contribution in [3.05, 3.63) is 24.8 Å². The SMILES string of the molecule is C#C/C=C\[C@@H]1[C@@H](O)CCC[C@]12CCC[C@@H](CC=C)N2. The van der Waals surface area contributed by atoms with Crippen molar-refractivity contribution in [2.75, 3.05) is 0 Å². The van der Waals surface area contributed by atoms with Crippen molar-refractivity contribution in [3.63, 3.8) is 0 Å². The smallest absolute Gasteiger partial charge is 0.0620 e. The van der Waals surface area contributed by atoms with Crippen LogP contribution < -0.4 is 5.32 Å². The van der Waals surface area contributed by atoms with Crippen LogP contribution in [0.25, 0.3) is 0 Å². The predicted molar refractivity (Wildman–Crippen MR) is 79.6 cm³/mol. The van der Waals surface area contributed by atoms with Crippen LogP contribution in [0.15, 0.2) is 24.8 Å². The lowest BCUT2D eigenvalue weighted by molar-refractivity contribution is 0.00394. The van der Waals surface area contributed by atoms with E-state index in [4.69, 9.17) is 6.42 Å². The molecule has 0 unspecified atom stereocenters. The fourth-order valence-electron chi connectivity index (χ4n) is 3.87. The summed E-state index contributed by atoms with van der Waals surface area (Å²) in [6.07, 6.45) is 18.5. The molecule has 19 heavy (non-hydrogen) atoms. The first-order valence-electron chi connectivity index (χ1n) is 7.41. The maximum Gasteiger partial charge on any atom is 0.0620 e. The van der Waals surface area contributed by atoms with Gasteiger partial charge in [0.1, 0.15) is 0 Å². The average molecular weight is 259 g/mol. The van der Waals surface area contributed by atoms with Gasteiger partial charge in [-0.25, -0.2) is 0 Å². The van der Waals surface area contributed by atoms with Crippen LogP contribution in [-0.2, 0) is 0 Å².